The molecule has 0 saturated carbocycles. The summed E-state index contributed by atoms with van der Waals surface area (Å²) in [7, 11) is -2.40. The Bertz CT molecular complexity index is 573. The van der Waals surface area contributed by atoms with E-state index in [9.17, 15) is 8.42 Å². The normalized spacial score (nSPS) is 18.9. The van der Waals surface area contributed by atoms with Crippen LogP contribution in [-0.4, -0.2) is 34.5 Å². The van der Waals surface area contributed by atoms with Crippen molar-refractivity contribution in [2.24, 2.45) is 0 Å². The quantitative estimate of drug-likeness (QED) is 0.630. The molecule has 0 unspecified atom stereocenters. The fraction of sp³-hybridized carbons (Fsp3) is 0.571. The van der Waals surface area contributed by atoms with Gasteiger partial charge in [-0.15, -0.1) is 0 Å². The molecule has 0 spiro atoms. The van der Waals surface area contributed by atoms with Crippen molar-refractivity contribution in [3.8, 4) is 0 Å². The molecule has 0 aliphatic carbocycles. The predicted octanol–water partition coefficient (Wildman–Crippen LogP) is 2.16. The van der Waals surface area contributed by atoms with Gasteiger partial charge in [-0.25, -0.2) is 4.18 Å². The summed E-state index contributed by atoms with van der Waals surface area (Å²) in [6, 6.07) is 5.15. The molecule has 1 saturated heterocycles. The summed E-state index contributed by atoms with van der Waals surface area (Å²) in [5, 5.41) is 0. The number of aryl methyl sites for hydroxylation is 2. The smallest absolute Gasteiger partial charge is 0.299 e. The van der Waals surface area contributed by atoms with Gasteiger partial charge in [-0.2, -0.15) is 8.42 Å². The third kappa shape index (κ3) is 3.20. The van der Waals surface area contributed by atoms with Crippen LogP contribution in [0.2, 0.25) is 0 Å². The molecule has 1 aromatic carbocycles. The lowest BCUT2D eigenvalue weighted by atomic mass is 10.1. The van der Waals surface area contributed by atoms with Gasteiger partial charge in [0.25, 0.3) is 10.1 Å². The first kappa shape index (κ1) is 15.4. The number of rotatable bonds is 4. The van der Waals surface area contributed by atoms with Gasteiger partial charge in [-0.05, 0) is 25.5 Å². The van der Waals surface area contributed by atoms with Crippen LogP contribution in [0.5, 0.6) is 0 Å². The van der Waals surface area contributed by atoms with Gasteiger partial charge in [0.15, 0.2) is 5.79 Å². The molecule has 1 fully saturated rings. The molecule has 0 radical (unpaired) electrons. The minimum atomic E-state index is -3.86. The standard InChI is InChI=1S/C14H20O5S/c1-11-4-5-13(12(2)10-11)20(15,16)19-14(17-3)6-8-18-9-7-14/h4-5,10H,6-9H2,1-3H3. The van der Waals surface area contributed by atoms with E-state index in [1.54, 1.807) is 19.1 Å². The molecule has 6 heteroatoms. The fourth-order valence-corrected chi connectivity index (χ4v) is 3.74. The van der Waals surface area contributed by atoms with Crippen LogP contribution in [0.1, 0.15) is 24.0 Å². The van der Waals surface area contributed by atoms with E-state index in [0.29, 0.717) is 31.6 Å². The lowest BCUT2D eigenvalue weighted by Gasteiger charge is -2.34. The molecule has 112 valence electrons. The number of hydrogen-bond acceptors (Lipinski definition) is 5. The van der Waals surface area contributed by atoms with Gasteiger partial charge >= 0.3 is 0 Å². The molecule has 2 rings (SSSR count). The second-order valence-corrected chi connectivity index (χ2v) is 6.55. The lowest BCUT2D eigenvalue weighted by molar-refractivity contribution is -0.204. The fourth-order valence-electron chi connectivity index (χ4n) is 2.33. The molecule has 1 aliphatic rings. The molecular formula is C14H20O5S. The molecule has 0 atom stereocenters. The predicted molar refractivity (Wildman–Crippen MR) is 74.0 cm³/mol. The number of benzene rings is 1. The Morgan fingerprint density at radius 2 is 1.85 bits per heavy atom. The molecule has 0 amide bonds. The van der Waals surface area contributed by atoms with Gasteiger partial charge < -0.3 is 9.47 Å². The molecule has 1 aromatic rings. The van der Waals surface area contributed by atoms with Gasteiger partial charge in [-0.3, -0.25) is 0 Å². The SMILES string of the molecule is COC1(OS(=O)(=O)c2ccc(C)cc2C)CCOCC1. The van der Waals surface area contributed by atoms with Crippen LogP contribution in [0.3, 0.4) is 0 Å². The van der Waals surface area contributed by atoms with Crippen molar-refractivity contribution in [1.82, 2.24) is 0 Å². The van der Waals surface area contributed by atoms with Gasteiger partial charge in [0.05, 0.1) is 18.1 Å². The van der Waals surface area contributed by atoms with Crippen molar-refractivity contribution < 1.29 is 22.1 Å². The van der Waals surface area contributed by atoms with Crippen molar-refractivity contribution in [2.75, 3.05) is 20.3 Å². The Hall–Kier alpha value is -0.950. The minimum Gasteiger partial charge on any atom is -0.381 e. The molecule has 1 heterocycles. The molecule has 20 heavy (non-hydrogen) atoms. The zero-order chi connectivity index (χ0) is 14.8. The highest BCUT2D eigenvalue weighted by Gasteiger charge is 2.39. The van der Waals surface area contributed by atoms with Crippen LogP contribution in [-0.2, 0) is 23.8 Å². The van der Waals surface area contributed by atoms with Crippen molar-refractivity contribution in [3.63, 3.8) is 0 Å². The van der Waals surface area contributed by atoms with Gasteiger partial charge in [0.2, 0.25) is 0 Å². The highest BCUT2D eigenvalue weighted by Crippen LogP contribution is 2.31. The topological polar surface area (TPSA) is 61.8 Å². The Balaban J connectivity index is 2.30. The third-order valence-corrected chi connectivity index (χ3v) is 5.01. The van der Waals surface area contributed by atoms with E-state index in [1.165, 1.54) is 7.11 Å². The first-order valence-corrected chi connectivity index (χ1v) is 7.95. The number of methoxy groups -OCH3 is 1. The van der Waals surface area contributed by atoms with Gasteiger partial charge in [0.1, 0.15) is 0 Å². The third-order valence-electron chi connectivity index (χ3n) is 3.49. The van der Waals surface area contributed by atoms with Crippen LogP contribution in [0.4, 0.5) is 0 Å². The Kier molecular flexibility index (Phi) is 4.49. The molecule has 1 aliphatic heterocycles. The largest absolute Gasteiger partial charge is 0.381 e. The van der Waals surface area contributed by atoms with Gasteiger partial charge in [0, 0.05) is 20.0 Å². The zero-order valence-corrected chi connectivity index (χ0v) is 12.8. The second kappa shape index (κ2) is 5.81. The van der Waals surface area contributed by atoms with Crippen LogP contribution < -0.4 is 0 Å². The zero-order valence-electron chi connectivity index (χ0n) is 12.0. The van der Waals surface area contributed by atoms with E-state index in [1.807, 2.05) is 13.0 Å². The summed E-state index contributed by atoms with van der Waals surface area (Å²) in [6.07, 6.45) is 0.793. The number of ether oxygens (including phenoxy) is 2. The Morgan fingerprint density at radius 3 is 2.40 bits per heavy atom. The summed E-state index contributed by atoms with van der Waals surface area (Å²) in [4.78, 5) is 0.186. The van der Waals surface area contributed by atoms with E-state index in [0.717, 1.165) is 5.56 Å². The van der Waals surface area contributed by atoms with Crippen molar-refractivity contribution in [1.29, 1.82) is 0 Å². The molecular weight excluding hydrogens is 280 g/mol. The number of hydrogen-bond donors (Lipinski definition) is 0. The first-order chi connectivity index (χ1) is 9.38. The Labute approximate surface area is 120 Å². The maximum Gasteiger partial charge on any atom is 0.299 e. The van der Waals surface area contributed by atoms with E-state index >= 15 is 0 Å². The minimum absolute atomic E-state index is 0.186. The summed E-state index contributed by atoms with van der Waals surface area (Å²) in [5.41, 5.74) is 1.68. The van der Waals surface area contributed by atoms with E-state index in [2.05, 4.69) is 0 Å². The molecule has 0 bridgehead atoms. The van der Waals surface area contributed by atoms with Crippen LogP contribution in [0.25, 0.3) is 0 Å². The maximum atomic E-state index is 12.5. The first-order valence-electron chi connectivity index (χ1n) is 6.54. The van der Waals surface area contributed by atoms with Gasteiger partial charge in [-0.1, -0.05) is 17.7 Å². The Morgan fingerprint density at radius 1 is 1.20 bits per heavy atom. The van der Waals surface area contributed by atoms with Crippen molar-refractivity contribution in [2.45, 2.75) is 37.4 Å². The van der Waals surface area contributed by atoms with E-state index < -0.39 is 15.9 Å². The summed E-state index contributed by atoms with van der Waals surface area (Å²) in [6.45, 7) is 4.53. The summed E-state index contributed by atoms with van der Waals surface area (Å²) in [5.74, 6) is -1.12. The average Bonchev–Trinajstić information content (AvgIpc) is 2.38. The van der Waals surface area contributed by atoms with Crippen LogP contribution >= 0.6 is 0 Å². The van der Waals surface area contributed by atoms with Crippen LogP contribution in [0.15, 0.2) is 23.1 Å². The maximum absolute atomic E-state index is 12.5. The highest BCUT2D eigenvalue weighted by molar-refractivity contribution is 7.86. The molecule has 0 N–H and O–H groups in total. The van der Waals surface area contributed by atoms with Crippen LogP contribution in [0, 0.1) is 13.8 Å². The average molecular weight is 300 g/mol. The van der Waals surface area contributed by atoms with Crippen molar-refractivity contribution in [3.05, 3.63) is 29.3 Å². The monoisotopic (exact) mass is 300 g/mol. The highest BCUT2D eigenvalue weighted by atomic mass is 32.2. The summed E-state index contributed by atoms with van der Waals surface area (Å²) < 4.78 is 40.8. The second-order valence-electron chi connectivity index (χ2n) is 5.03. The molecule has 0 aromatic heterocycles. The molecule has 5 nitrogen and oxygen atoms in total. The van der Waals surface area contributed by atoms with E-state index in [4.69, 9.17) is 13.7 Å². The van der Waals surface area contributed by atoms with Crippen molar-refractivity contribution >= 4 is 10.1 Å². The lowest BCUT2D eigenvalue weighted by Crippen LogP contribution is -2.42. The summed E-state index contributed by atoms with van der Waals surface area (Å²) >= 11 is 0. The van der Waals surface area contributed by atoms with E-state index in [-0.39, 0.29) is 4.90 Å².